The Morgan fingerprint density at radius 2 is 1.21 bits per heavy atom. The molecule has 0 aliphatic carbocycles. The minimum atomic E-state index is -2.01. The van der Waals surface area contributed by atoms with Crippen molar-refractivity contribution in [3.8, 4) is 0 Å². The molecule has 0 unspecified atom stereocenters. The summed E-state index contributed by atoms with van der Waals surface area (Å²) in [5.74, 6) is 0.392. The Labute approximate surface area is 183 Å². The van der Waals surface area contributed by atoms with Crippen molar-refractivity contribution in [3.05, 3.63) is 0 Å². The van der Waals surface area contributed by atoms with Gasteiger partial charge in [0.15, 0.2) is 8.24 Å². The summed E-state index contributed by atoms with van der Waals surface area (Å²) >= 11 is 0. The summed E-state index contributed by atoms with van der Waals surface area (Å²) in [6, 6.07) is 1.54. The van der Waals surface area contributed by atoms with Crippen LogP contribution in [-0.2, 0) is 14.4 Å². The lowest BCUT2D eigenvalue weighted by molar-refractivity contribution is -0.126. The molecule has 3 amide bonds. The molecule has 0 aromatic rings. The molecular weight excluding hydrogens is 431 g/mol. The van der Waals surface area contributed by atoms with Gasteiger partial charge in [-0.05, 0) is 12.1 Å². The average molecular weight is 476 g/mol. The molecule has 0 aliphatic rings. The monoisotopic (exact) mass is 475 g/mol. The van der Waals surface area contributed by atoms with Crippen molar-refractivity contribution in [3.63, 3.8) is 0 Å². The molecule has 0 rings (SSSR count). The van der Waals surface area contributed by atoms with Gasteiger partial charge < -0.3 is 13.8 Å². The lowest BCUT2D eigenvalue weighted by Crippen LogP contribution is -2.62. The van der Waals surface area contributed by atoms with Crippen LogP contribution in [0.1, 0.15) is 19.8 Å². The zero-order valence-corrected chi connectivity index (χ0v) is 24.9. The van der Waals surface area contributed by atoms with Crippen LogP contribution in [0.3, 0.4) is 0 Å². The second kappa shape index (κ2) is 10.1. The first-order valence-electron chi connectivity index (χ1n) is 10.6. The fourth-order valence-electron chi connectivity index (χ4n) is 3.90. The highest BCUT2D eigenvalue weighted by atomic mass is 28.4. The van der Waals surface area contributed by atoms with E-state index in [1.165, 1.54) is 0 Å². The van der Waals surface area contributed by atoms with Gasteiger partial charge in [-0.3, -0.25) is 14.4 Å². The first-order chi connectivity index (χ1) is 12.7. The van der Waals surface area contributed by atoms with Crippen molar-refractivity contribution in [1.29, 1.82) is 0 Å². The Kier molecular flexibility index (Phi) is 9.81. The lowest BCUT2D eigenvalue weighted by atomic mass is 10.4. The van der Waals surface area contributed by atoms with Gasteiger partial charge in [-0.1, -0.05) is 65.5 Å². The van der Waals surface area contributed by atoms with E-state index >= 15 is 0 Å². The van der Waals surface area contributed by atoms with Crippen LogP contribution < -0.4 is 4.98 Å². The highest BCUT2D eigenvalue weighted by molar-refractivity contribution is 6.93. The van der Waals surface area contributed by atoms with E-state index in [9.17, 15) is 14.4 Å². The molecular formula is C19H45N3O3Si4. The largest absolute Gasteiger partial charge is 0.396 e. The normalized spacial score (nSPS) is 13.1. The second-order valence-electron chi connectivity index (χ2n) is 11.4. The molecule has 0 radical (unpaired) electrons. The molecule has 0 heterocycles. The first-order valence-corrected chi connectivity index (χ1v) is 23.8. The highest BCUT2D eigenvalue weighted by Gasteiger charge is 2.40. The SMILES string of the molecule is CC(=O)N([Si](C)(C)C)[Si](C)(C)CCC(=O)N(C)[Si](C)(C)CCC(=O)N[Si](C)(C)C. The number of carbonyl (C=O) groups is 3. The number of nitrogens with zero attached hydrogens (tertiary/aromatic N) is 2. The van der Waals surface area contributed by atoms with Gasteiger partial charge in [0.2, 0.25) is 17.7 Å². The van der Waals surface area contributed by atoms with Crippen LogP contribution in [0.15, 0.2) is 0 Å². The fourth-order valence-corrected chi connectivity index (χ4v) is 17.3. The number of hydrogen-bond donors (Lipinski definition) is 1. The summed E-state index contributed by atoms with van der Waals surface area (Å²) in [4.78, 5) is 40.6. The maximum absolute atomic E-state index is 12.9. The maximum atomic E-state index is 12.9. The minimum absolute atomic E-state index is 0.103. The molecule has 6 nitrogen and oxygen atoms in total. The number of carbonyl (C=O) groups excluding carboxylic acids is 3. The van der Waals surface area contributed by atoms with E-state index in [0.717, 1.165) is 12.1 Å². The smallest absolute Gasteiger partial charge is 0.214 e. The van der Waals surface area contributed by atoms with Gasteiger partial charge in [-0.15, -0.1) is 0 Å². The molecule has 0 saturated carbocycles. The third-order valence-electron chi connectivity index (χ3n) is 5.30. The van der Waals surface area contributed by atoms with E-state index in [2.05, 4.69) is 74.7 Å². The van der Waals surface area contributed by atoms with Gasteiger partial charge in [-0.25, -0.2) is 0 Å². The summed E-state index contributed by atoms with van der Waals surface area (Å²) in [7, 11) is -5.53. The zero-order valence-electron chi connectivity index (χ0n) is 20.9. The summed E-state index contributed by atoms with van der Waals surface area (Å²) in [5.41, 5.74) is 0. The van der Waals surface area contributed by atoms with Gasteiger partial charge in [0.05, 0.1) is 0 Å². The summed E-state index contributed by atoms with van der Waals surface area (Å²) in [6.07, 6.45) is 0.955. The van der Waals surface area contributed by atoms with Crippen molar-refractivity contribution >= 4 is 50.7 Å². The van der Waals surface area contributed by atoms with Crippen LogP contribution in [-0.4, -0.2) is 66.5 Å². The highest BCUT2D eigenvalue weighted by Crippen LogP contribution is 2.26. The van der Waals surface area contributed by atoms with Crippen LogP contribution >= 0.6 is 0 Å². The fraction of sp³-hybridized carbons (Fsp3) is 0.842. The van der Waals surface area contributed by atoms with E-state index in [4.69, 9.17) is 0 Å². The molecule has 10 heteroatoms. The Morgan fingerprint density at radius 1 is 0.759 bits per heavy atom. The van der Waals surface area contributed by atoms with Gasteiger partial charge in [-0.2, -0.15) is 0 Å². The van der Waals surface area contributed by atoms with Gasteiger partial charge in [0.1, 0.15) is 24.7 Å². The Hall–Kier alpha value is -0.722. The molecule has 0 bridgehead atoms. The van der Waals surface area contributed by atoms with E-state index in [1.807, 2.05) is 11.6 Å². The molecule has 0 aliphatic heterocycles. The maximum Gasteiger partial charge on any atom is 0.214 e. The van der Waals surface area contributed by atoms with E-state index in [1.54, 1.807) is 6.92 Å². The Bertz CT molecular complexity index is 611. The van der Waals surface area contributed by atoms with Crippen molar-refractivity contribution in [2.75, 3.05) is 7.05 Å². The van der Waals surface area contributed by atoms with Crippen LogP contribution in [0.2, 0.25) is 77.6 Å². The second-order valence-corrected chi connectivity index (χ2v) is 30.8. The van der Waals surface area contributed by atoms with Crippen molar-refractivity contribution in [2.24, 2.45) is 0 Å². The van der Waals surface area contributed by atoms with Gasteiger partial charge in [0.25, 0.3) is 0 Å². The number of hydrogen-bond acceptors (Lipinski definition) is 3. The lowest BCUT2D eigenvalue weighted by Gasteiger charge is -2.45. The number of nitrogens with one attached hydrogen (secondary N) is 1. The topological polar surface area (TPSA) is 69.7 Å². The average Bonchev–Trinajstić information content (AvgIpc) is 2.46. The molecule has 0 aromatic heterocycles. The third-order valence-corrected chi connectivity index (χ3v) is 18.4. The van der Waals surface area contributed by atoms with E-state index in [0.29, 0.717) is 12.8 Å². The molecule has 1 N–H and O–H groups in total. The predicted octanol–water partition coefficient (Wildman–Crippen LogP) is 4.27. The van der Waals surface area contributed by atoms with Crippen molar-refractivity contribution < 1.29 is 14.4 Å². The number of rotatable bonds is 10. The molecule has 170 valence electrons. The van der Waals surface area contributed by atoms with E-state index in [-0.39, 0.29) is 17.7 Å². The first kappa shape index (κ1) is 28.3. The molecule has 0 saturated heterocycles. The summed E-state index contributed by atoms with van der Waals surface area (Å²) in [5, 5.41) is 0. The standard InChI is InChI=1S/C19H45N3O3Si4/c1-17(23)22(27(6,7)8)29(11,12)16-14-19(25)21(2)28(9,10)15-13-18(24)20-26(3,4)5/h13-16H2,1-12H3,(H,20,24). The third kappa shape index (κ3) is 9.75. The van der Waals surface area contributed by atoms with Crippen molar-refractivity contribution in [2.45, 2.75) is 97.3 Å². The quantitative estimate of drug-likeness (QED) is 0.480. The van der Waals surface area contributed by atoms with Crippen molar-refractivity contribution in [1.82, 2.24) is 13.8 Å². The zero-order chi connectivity index (χ0) is 23.4. The molecule has 0 spiro atoms. The Morgan fingerprint density at radius 3 is 1.59 bits per heavy atom. The minimum Gasteiger partial charge on any atom is -0.396 e. The molecule has 0 aromatic carbocycles. The summed E-state index contributed by atoms with van der Waals surface area (Å²) < 4.78 is 4.07. The molecule has 0 fully saturated rings. The van der Waals surface area contributed by atoms with Gasteiger partial charge >= 0.3 is 0 Å². The molecule has 0 atom stereocenters. The van der Waals surface area contributed by atoms with Crippen LogP contribution in [0.4, 0.5) is 0 Å². The molecule has 29 heavy (non-hydrogen) atoms. The number of amides is 3. The summed E-state index contributed by atoms with van der Waals surface area (Å²) in [6.45, 7) is 23.3. The Balaban J connectivity index is 4.98. The van der Waals surface area contributed by atoms with Gasteiger partial charge in [0, 0.05) is 26.8 Å². The van der Waals surface area contributed by atoms with E-state index < -0.39 is 32.9 Å². The van der Waals surface area contributed by atoms with Crippen LogP contribution in [0, 0.1) is 0 Å². The predicted molar refractivity (Wildman–Crippen MR) is 134 cm³/mol. The van der Waals surface area contributed by atoms with Crippen LogP contribution in [0.25, 0.3) is 0 Å². The van der Waals surface area contributed by atoms with Crippen LogP contribution in [0.5, 0.6) is 0 Å².